The Balaban J connectivity index is 2.09. The first-order valence-electron chi connectivity index (χ1n) is 4.95. The average molecular weight is 199 g/mol. The van der Waals surface area contributed by atoms with Crippen LogP contribution in [-0.4, -0.2) is 22.8 Å². The SMILES string of the molecule is CC1CCCC2(C1)NC(=S)N(C)N2. The van der Waals surface area contributed by atoms with E-state index < -0.39 is 0 Å². The highest BCUT2D eigenvalue weighted by atomic mass is 32.1. The number of hydrogen-bond donors (Lipinski definition) is 2. The van der Waals surface area contributed by atoms with Crippen molar-refractivity contribution in [2.75, 3.05) is 7.05 Å². The van der Waals surface area contributed by atoms with E-state index in [0.717, 1.165) is 11.0 Å². The van der Waals surface area contributed by atoms with Crippen molar-refractivity contribution in [2.24, 2.45) is 5.92 Å². The van der Waals surface area contributed by atoms with Gasteiger partial charge in [0.05, 0.1) is 0 Å². The second-order valence-corrected chi connectivity index (χ2v) is 4.77. The van der Waals surface area contributed by atoms with E-state index in [-0.39, 0.29) is 5.66 Å². The molecule has 74 valence electrons. The second kappa shape index (κ2) is 3.10. The van der Waals surface area contributed by atoms with Gasteiger partial charge in [-0.25, -0.2) is 5.43 Å². The molecule has 13 heavy (non-hydrogen) atoms. The first kappa shape index (κ1) is 9.21. The van der Waals surface area contributed by atoms with Gasteiger partial charge in [-0.15, -0.1) is 0 Å². The van der Waals surface area contributed by atoms with Gasteiger partial charge in [0.15, 0.2) is 5.11 Å². The molecule has 0 radical (unpaired) electrons. The van der Waals surface area contributed by atoms with Gasteiger partial charge in [0.2, 0.25) is 0 Å². The molecule has 0 aromatic rings. The number of hydrogen-bond acceptors (Lipinski definition) is 2. The molecule has 2 fully saturated rings. The van der Waals surface area contributed by atoms with E-state index in [4.69, 9.17) is 12.2 Å². The van der Waals surface area contributed by atoms with Crippen LogP contribution in [0, 0.1) is 5.92 Å². The smallest absolute Gasteiger partial charge is 0.184 e. The molecular weight excluding hydrogens is 182 g/mol. The number of nitrogens with one attached hydrogen (secondary N) is 2. The normalized spacial score (nSPS) is 39.7. The summed E-state index contributed by atoms with van der Waals surface area (Å²) in [4.78, 5) is 0. The molecule has 1 spiro atoms. The average Bonchev–Trinajstić information content (AvgIpc) is 2.26. The van der Waals surface area contributed by atoms with Gasteiger partial charge >= 0.3 is 0 Å². The van der Waals surface area contributed by atoms with Crippen molar-refractivity contribution in [1.29, 1.82) is 0 Å². The standard InChI is InChI=1S/C9H17N3S/c1-7-4-3-5-9(6-7)10-8(13)12(2)11-9/h7,11H,3-6H2,1-2H3,(H,10,13). The largest absolute Gasteiger partial charge is 0.342 e. The maximum atomic E-state index is 5.19. The van der Waals surface area contributed by atoms with Crippen molar-refractivity contribution >= 4 is 17.3 Å². The van der Waals surface area contributed by atoms with Crippen molar-refractivity contribution < 1.29 is 0 Å². The maximum Gasteiger partial charge on any atom is 0.184 e. The molecule has 0 amide bonds. The molecule has 4 heteroatoms. The zero-order chi connectivity index (χ0) is 9.47. The quantitative estimate of drug-likeness (QED) is 0.574. The highest BCUT2D eigenvalue weighted by molar-refractivity contribution is 7.80. The van der Waals surface area contributed by atoms with Crippen LogP contribution in [0.4, 0.5) is 0 Å². The third-order valence-electron chi connectivity index (χ3n) is 3.03. The molecule has 1 aliphatic heterocycles. The van der Waals surface area contributed by atoms with Crippen molar-refractivity contribution in [3.8, 4) is 0 Å². The van der Waals surface area contributed by atoms with Crippen LogP contribution in [0.5, 0.6) is 0 Å². The van der Waals surface area contributed by atoms with Crippen LogP contribution in [0.2, 0.25) is 0 Å². The van der Waals surface area contributed by atoms with Crippen molar-refractivity contribution in [2.45, 2.75) is 38.3 Å². The molecule has 1 heterocycles. The summed E-state index contributed by atoms with van der Waals surface area (Å²) in [5.74, 6) is 0.794. The first-order chi connectivity index (χ1) is 6.11. The number of hydrazine groups is 1. The van der Waals surface area contributed by atoms with E-state index >= 15 is 0 Å². The van der Waals surface area contributed by atoms with E-state index in [0.29, 0.717) is 0 Å². The third kappa shape index (κ3) is 1.65. The van der Waals surface area contributed by atoms with Gasteiger partial charge in [-0.2, -0.15) is 0 Å². The van der Waals surface area contributed by atoms with Crippen LogP contribution in [-0.2, 0) is 0 Å². The Kier molecular flexibility index (Phi) is 2.20. The summed E-state index contributed by atoms with van der Waals surface area (Å²) in [7, 11) is 1.98. The predicted octanol–water partition coefficient (Wildman–Crippen LogP) is 1.22. The fourth-order valence-electron chi connectivity index (χ4n) is 2.45. The molecule has 0 bridgehead atoms. The van der Waals surface area contributed by atoms with Gasteiger partial charge in [0.1, 0.15) is 5.66 Å². The summed E-state index contributed by atoms with van der Waals surface area (Å²) in [6.45, 7) is 2.31. The third-order valence-corrected chi connectivity index (χ3v) is 3.41. The lowest BCUT2D eigenvalue weighted by molar-refractivity contribution is 0.147. The lowest BCUT2D eigenvalue weighted by atomic mass is 9.83. The summed E-state index contributed by atoms with van der Waals surface area (Å²) < 4.78 is 0. The molecule has 2 atom stereocenters. The van der Waals surface area contributed by atoms with Crippen molar-refractivity contribution in [3.63, 3.8) is 0 Å². The Bertz CT molecular complexity index is 231. The maximum absolute atomic E-state index is 5.19. The lowest BCUT2D eigenvalue weighted by Crippen LogP contribution is -2.53. The van der Waals surface area contributed by atoms with Gasteiger partial charge in [-0.05, 0) is 37.4 Å². The van der Waals surface area contributed by atoms with Crippen LogP contribution >= 0.6 is 12.2 Å². The highest BCUT2D eigenvalue weighted by Gasteiger charge is 2.41. The fourth-order valence-corrected chi connectivity index (χ4v) is 2.70. The Labute approximate surface area is 84.8 Å². The van der Waals surface area contributed by atoms with Crippen molar-refractivity contribution in [1.82, 2.24) is 15.8 Å². The predicted molar refractivity (Wildman–Crippen MR) is 57.0 cm³/mol. The molecule has 0 aromatic carbocycles. The van der Waals surface area contributed by atoms with Crippen LogP contribution in [0.3, 0.4) is 0 Å². The van der Waals surface area contributed by atoms with E-state index in [1.807, 2.05) is 12.1 Å². The Hall–Kier alpha value is -0.350. The minimum Gasteiger partial charge on any atom is -0.342 e. The second-order valence-electron chi connectivity index (χ2n) is 4.38. The van der Waals surface area contributed by atoms with Gasteiger partial charge < -0.3 is 5.32 Å². The fraction of sp³-hybridized carbons (Fsp3) is 0.889. The molecule has 2 aliphatic rings. The molecule has 2 unspecified atom stereocenters. The topological polar surface area (TPSA) is 27.3 Å². The Morgan fingerprint density at radius 3 is 2.92 bits per heavy atom. The van der Waals surface area contributed by atoms with Crippen molar-refractivity contribution in [3.05, 3.63) is 0 Å². The van der Waals surface area contributed by atoms with Gasteiger partial charge in [0, 0.05) is 7.05 Å². The highest BCUT2D eigenvalue weighted by Crippen LogP contribution is 2.32. The van der Waals surface area contributed by atoms with Crippen LogP contribution in [0.15, 0.2) is 0 Å². The van der Waals surface area contributed by atoms with Crippen LogP contribution < -0.4 is 10.7 Å². The summed E-state index contributed by atoms with van der Waals surface area (Å²) in [5, 5.41) is 6.15. The molecule has 3 nitrogen and oxygen atoms in total. The zero-order valence-corrected chi connectivity index (χ0v) is 9.08. The molecule has 2 N–H and O–H groups in total. The number of nitrogens with zero attached hydrogens (tertiary/aromatic N) is 1. The van der Waals surface area contributed by atoms with Gasteiger partial charge in [0.25, 0.3) is 0 Å². The summed E-state index contributed by atoms with van der Waals surface area (Å²) in [6.07, 6.45) is 5.00. The zero-order valence-electron chi connectivity index (χ0n) is 8.26. The van der Waals surface area contributed by atoms with E-state index in [1.54, 1.807) is 0 Å². The Morgan fingerprint density at radius 2 is 2.38 bits per heavy atom. The molecular formula is C9H17N3S. The van der Waals surface area contributed by atoms with E-state index in [1.165, 1.54) is 25.7 Å². The minimum atomic E-state index is 0.0729. The minimum absolute atomic E-state index is 0.0729. The Morgan fingerprint density at radius 1 is 1.62 bits per heavy atom. The van der Waals surface area contributed by atoms with Crippen LogP contribution in [0.25, 0.3) is 0 Å². The van der Waals surface area contributed by atoms with Crippen LogP contribution in [0.1, 0.15) is 32.6 Å². The molecule has 1 saturated heterocycles. The summed E-state index contributed by atoms with van der Waals surface area (Å²) in [6, 6.07) is 0. The first-order valence-corrected chi connectivity index (χ1v) is 5.36. The van der Waals surface area contributed by atoms with Gasteiger partial charge in [-0.3, -0.25) is 5.01 Å². The summed E-state index contributed by atoms with van der Waals surface area (Å²) >= 11 is 5.19. The number of rotatable bonds is 0. The molecule has 2 rings (SSSR count). The van der Waals surface area contributed by atoms with Gasteiger partial charge in [-0.1, -0.05) is 13.3 Å². The van der Waals surface area contributed by atoms with E-state index in [2.05, 4.69) is 17.7 Å². The number of thiocarbonyl (C=S) groups is 1. The monoisotopic (exact) mass is 199 g/mol. The molecule has 1 saturated carbocycles. The summed E-state index contributed by atoms with van der Waals surface area (Å²) in [5.41, 5.74) is 3.50. The molecule has 1 aliphatic carbocycles. The molecule has 0 aromatic heterocycles. The lowest BCUT2D eigenvalue weighted by Gasteiger charge is -2.36. The van der Waals surface area contributed by atoms with E-state index in [9.17, 15) is 0 Å².